The van der Waals surface area contributed by atoms with Crippen molar-refractivity contribution < 1.29 is 9.59 Å². The van der Waals surface area contributed by atoms with Gasteiger partial charge in [0.25, 0.3) is 5.91 Å². The van der Waals surface area contributed by atoms with Gasteiger partial charge in [-0.3, -0.25) is 9.59 Å². The summed E-state index contributed by atoms with van der Waals surface area (Å²) in [6.45, 7) is 2.27. The van der Waals surface area contributed by atoms with E-state index in [1.165, 1.54) is 0 Å². The minimum Gasteiger partial charge on any atom is -0.360 e. The molecule has 4 aromatic rings. The van der Waals surface area contributed by atoms with Gasteiger partial charge in [-0.2, -0.15) is 0 Å². The molecule has 1 atom stereocenters. The van der Waals surface area contributed by atoms with Crippen LogP contribution in [0.1, 0.15) is 23.2 Å². The molecule has 2 heterocycles. The minimum absolute atomic E-state index is 0.00167. The molecule has 0 spiro atoms. The lowest BCUT2D eigenvalue weighted by Crippen LogP contribution is -2.46. The molecule has 168 valence electrons. The van der Waals surface area contributed by atoms with Crippen LogP contribution in [-0.2, 0) is 4.79 Å². The lowest BCUT2D eigenvalue weighted by Gasteiger charge is -2.32. The van der Waals surface area contributed by atoms with E-state index < -0.39 is 0 Å². The first-order valence-electron chi connectivity index (χ1n) is 11.3. The van der Waals surface area contributed by atoms with Crippen LogP contribution in [0.4, 0.5) is 5.13 Å². The molecule has 1 saturated heterocycles. The van der Waals surface area contributed by atoms with Gasteiger partial charge in [0.1, 0.15) is 0 Å². The second-order valence-corrected chi connectivity index (χ2v) is 9.35. The molecule has 3 aromatic carbocycles. The topological polar surface area (TPSA) is 74.3 Å². The molecule has 1 aliphatic heterocycles. The van der Waals surface area contributed by atoms with E-state index in [2.05, 4.69) is 15.6 Å². The van der Waals surface area contributed by atoms with Crippen molar-refractivity contribution >= 4 is 49.3 Å². The Morgan fingerprint density at radius 1 is 1.00 bits per heavy atom. The van der Waals surface area contributed by atoms with Crippen LogP contribution in [0.5, 0.6) is 0 Å². The van der Waals surface area contributed by atoms with Crippen molar-refractivity contribution in [1.82, 2.24) is 15.2 Å². The Kier molecular flexibility index (Phi) is 6.21. The van der Waals surface area contributed by atoms with Crippen LogP contribution in [0, 0.1) is 5.92 Å². The number of anilines is 1. The Labute approximate surface area is 196 Å². The Bertz CT molecular complexity index is 1260. The highest BCUT2D eigenvalue weighted by atomic mass is 32.1. The quantitative estimate of drug-likeness (QED) is 0.416. The molecular weight excluding hydrogens is 432 g/mol. The smallest absolute Gasteiger partial charge is 0.254 e. The van der Waals surface area contributed by atoms with Gasteiger partial charge < -0.3 is 15.5 Å². The Hall–Kier alpha value is -3.45. The number of likely N-dealkylation sites (tertiary alicyclic amines) is 1. The molecule has 6 nitrogen and oxygen atoms in total. The molecule has 0 bridgehead atoms. The number of carbonyl (C=O) groups is 2. The monoisotopic (exact) mass is 458 g/mol. The first-order chi connectivity index (χ1) is 16.2. The number of fused-ring (bicyclic) bond motifs is 2. The normalized spacial score (nSPS) is 16.1. The Morgan fingerprint density at radius 3 is 2.73 bits per heavy atom. The molecule has 0 aliphatic carbocycles. The highest BCUT2D eigenvalue weighted by Gasteiger charge is 2.29. The third kappa shape index (κ3) is 4.68. The van der Waals surface area contributed by atoms with Gasteiger partial charge in [0.2, 0.25) is 5.91 Å². The third-order valence-electron chi connectivity index (χ3n) is 6.09. The number of para-hydroxylation sites is 1. The van der Waals surface area contributed by atoms with E-state index in [0.717, 1.165) is 39.0 Å². The summed E-state index contributed by atoms with van der Waals surface area (Å²) >= 11 is 1.61. The molecular formula is C26H26N4O2S. The summed E-state index contributed by atoms with van der Waals surface area (Å²) in [6.07, 6.45) is 1.63. The van der Waals surface area contributed by atoms with Gasteiger partial charge in [0.15, 0.2) is 5.13 Å². The molecule has 1 aliphatic rings. The van der Waals surface area contributed by atoms with E-state index in [9.17, 15) is 9.59 Å². The van der Waals surface area contributed by atoms with Crippen molar-refractivity contribution in [3.05, 3.63) is 72.3 Å². The van der Waals surface area contributed by atoms with Crippen LogP contribution >= 0.6 is 11.3 Å². The molecule has 7 heteroatoms. The second-order valence-electron chi connectivity index (χ2n) is 8.32. The molecule has 1 unspecified atom stereocenters. The molecule has 33 heavy (non-hydrogen) atoms. The van der Waals surface area contributed by atoms with Crippen LogP contribution in [0.2, 0.25) is 0 Å². The average Bonchev–Trinajstić information content (AvgIpc) is 3.29. The highest BCUT2D eigenvalue weighted by Crippen LogP contribution is 2.25. The van der Waals surface area contributed by atoms with Gasteiger partial charge in [-0.1, -0.05) is 59.9 Å². The predicted octanol–water partition coefficient (Wildman–Crippen LogP) is 4.53. The van der Waals surface area contributed by atoms with E-state index in [4.69, 9.17) is 0 Å². The average molecular weight is 459 g/mol. The number of amides is 2. The summed E-state index contributed by atoms with van der Waals surface area (Å²) in [7, 11) is 0. The van der Waals surface area contributed by atoms with Crippen LogP contribution in [0.3, 0.4) is 0 Å². The number of aromatic nitrogens is 1. The summed E-state index contributed by atoms with van der Waals surface area (Å²) in [4.78, 5) is 32.4. The zero-order valence-corrected chi connectivity index (χ0v) is 19.1. The fraction of sp³-hybridized carbons (Fsp3) is 0.269. The zero-order valence-electron chi connectivity index (χ0n) is 18.3. The van der Waals surface area contributed by atoms with Gasteiger partial charge in [-0.05, 0) is 41.8 Å². The summed E-state index contributed by atoms with van der Waals surface area (Å²) in [5.41, 5.74) is 1.68. The van der Waals surface area contributed by atoms with Gasteiger partial charge in [-0.15, -0.1) is 0 Å². The summed E-state index contributed by atoms with van der Waals surface area (Å²) in [5, 5.41) is 9.17. The largest absolute Gasteiger partial charge is 0.360 e. The third-order valence-corrected chi connectivity index (χ3v) is 7.09. The maximum Gasteiger partial charge on any atom is 0.254 e. The number of thiazole rings is 1. The van der Waals surface area contributed by atoms with E-state index in [-0.39, 0.29) is 17.7 Å². The van der Waals surface area contributed by atoms with Crippen LogP contribution in [0.15, 0.2) is 66.7 Å². The molecule has 2 N–H and O–H groups in total. The van der Waals surface area contributed by atoms with Crippen LogP contribution < -0.4 is 10.6 Å². The zero-order chi connectivity index (χ0) is 22.6. The lowest BCUT2D eigenvalue weighted by atomic mass is 9.95. The molecule has 0 saturated carbocycles. The van der Waals surface area contributed by atoms with Crippen molar-refractivity contribution in [1.29, 1.82) is 0 Å². The van der Waals surface area contributed by atoms with Gasteiger partial charge in [0.05, 0.1) is 16.1 Å². The number of hydrogen-bond acceptors (Lipinski definition) is 5. The summed E-state index contributed by atoms with van der Waals surface area (Å²) in [5.74, 6) is -0.168. The molecule has 0 radical (unpaired) electrons. The number of piperidine rings is 1. The molecule has 5 rings (SSSR count). The summed E-state index contributed by atoms with van der Waals surface area (Å²) < 4.78 is 1.14. The van der Waals surface area contributed by atoms with Gasteiger partial charge in [0, 0.05) is 31.7 Å². The van der Waals surface area contributed by atoms with E-state index in [1.807, 2.05) is 71.6 Å². The summed E-state index contributed by atoms with van der Waals surface area (Å²) in [6, 6.07) is 21.8. The number of rotatable bonds is 6. The first kappa shape index (κ1) is 21.4. The number of hydrogen-bond donors (Lipinski definition) is 2. The van der Waals surface area contributed by atoms with E-state index in [1.54, 1.807) is 11.3 Å². The van der Waals surface area contributed by atoms with Crippen LogP contribution in [0.25, 0.3) is 21.0 Å². The molecule has 1 fully saturated rings. The fourth-order valence-corrected chi connectivity index (χ4v) is 5.30. The van der Waals surface area contributed by atoms with Crippen LogP contribution in [-0.4, -0.2) is 47.9 Å². The van der Waals surface area contributed by atoms with Crippen molar-refractivity contribution in [2.75, 3.05) is 31.5 Å². The highest BCUT2D eigenvalue weighted by molar-refractivity contribution is 7.22. The number of carbonyl (C=O) groups excluding carboxylic acids is 2. The SMILES string of the molecule is O=C(NCCNc1nc2ccccc2s1)C1CCCN(C(=O)c2cccc3ccccc23)C1. The number of nitrogens with one attached hydrogen (secondary N) is 2. The van der Waals surface area contributed by atoms with Gasteiger partial charge in [-0.25, -0.2) is 4.98 Å². The van der Waals surface area contributed by atoms with Crippen molar-refractivity contribution in [2.24, 2.45) is 5.92 Å². The van der Waals surface area contributed by atoms with Crippen molar-refractivity contribution in [2.45, 2.75) is 12.8 Å². The molecule has 1 aromatic heterocycles. The molecule has 2 amide bonds. The first-order valence-corrected chi connectivity index (χ1v) is 12.1. The standard InChI is InChI=1S/C26H26N4O2S/c31-24(27-14-15-28-26-29-22-12-3-4-13-23(22)33-26)19-9-6-16-30(17-19)25(32)21-11-5-8-18-7-1-2-10-20(18)21/h1-5,7-8,10-13,19H,6,9,14-17H2,(H,27,31)(H,28,29). The van der Waals surface area contributed by atoms with Crippen molar-refractivity contribution in [3.63, 3.8) is 0 Å². The fourth-order valence-electron chi connectivity index (χ4n) is 4.41. The number of nitrogens with zero attached hydrogens (tertiary/aromatic N) is 2. The minimum atomic E-state index is -0.180. The maximum atomic E-state index is 13.3. The lowest BCUT2D eigenvalue weighted by molar-refractivity contribution is -0.126. The Balaban J connectivity index is 1.15. The van der Waals surface area contributed by atoms with Gasteiger partial charge >= 0.3 is 0 Å². The van der Waals surface area contributed by atoms with Crippen molar-refractivity contribution in [3.8, 4) is 0 Å². The van der Waals surface area contributed by atoms with E-state index >= 15 is 0 Å². The predicted molar refractivity (Wildman–Crippen MR) is 134 cm³/mol. The maximum absolute atomic E-state index is 13.3. The van der Waals surface area contributed by atoms with E-state index in [0.29, 0.717) is 31.7 Å². The second kappa shape index (κ2) is 9.58. The Morgan fingerprint density at radius 2 is 1.82 bits per heavy atom. The number of benzene rings is 3.